The van der Waals surface area contributed by atoms with E-state index >= 15 is 0 Å². The minimum Gasteiger partial charge on any atom is -0.493 e. The molecule has 53 heavy (non-hydrogen) atoms. The first-order valence-corrected chi connectivity index (χ1v) is 18.7. The lowest BCUT2D eigenvalue weighted by atomic mass is 9.95. The molecule has 0 saturated heterocycles. The summed E-state index contributed by atoms with van der Waals surface area (Å²) in [5, 5.41) is 2.29. The lowest BCUT2D eigenvalue weighted by Gasteiger charge is -2.25. The standard InChI is InChI=1S/C40H37IN2O9S/c1-6-49-31-20-28(14-15-30(31)51-22-34(44)48-5)36-35(39(46)50-7-2)23(3)42-40-43(36)38(45)33(53-40)19-25-17-29(41)37(32(18-25)47-4)52-21-24-12-13-26-10-8-9-11-27(26)16-24/h8-20,36H,6-7,21-22H2,1-5H3/b33-19-/t36-/m0/s1. The molecule has 1 aliphatic rings. The van der Waals surface area contributed by atoms with Crippen LogP contribution in [0.2, 0.25) is 0 Å². The number of rotatable bonds is 13. The van der Waals surface area contributed by atoms with E-state index in [4.69, 9.17) is 28.4 Å². The first-order valence-electron chi connectivity index (χ1n) is 16.8. The van der Waals surface area contributed by atoms with Gasteiger partial charge >= 0.3 is 11.9 Å². The van der Waals surface area contributed by atoms with Gasteiger partial charge in [0.15, 0.2) is 34.4 Å². The number of fused-ring (bicyclic) bond motifs is 2. The minimum absolute atomic E-state index is 0.139. The van der Waals surface area contributed by atoms with Crippen LogP contribution in [0.4, 0.5) is 0 Å². The molecule has 6 rings (SSSR count). The number of methoxy groups -OCH3 is 2. The number of hydrogen-bond donors (Lipinski definition) is 0. The van der Waals surface area contributed by atoms with Gasteiger partial charge in [-0.05, 0) is 107 Å². The molecular formula is C40H37IN2O9S. The van der Waals surface area contributed by atoms with E-state index in [2.05, 4.69) is 51.8 Å². The van der Waals surface area contributed by atoms with Crippen molar-refractivity contribution in [1.82, 2.24) is 4.57 Å². The normalized spacial score (nSPS) is 14.0. The molecule has 2 heterocycles. The molecule has 1 aliphatic heterocycles. The average molecular weight is 849 g/mol. The Kier molecular flexibility index (Phi) is 11.8. The van der Waals surface area contributed by atoms with Crippen LogP contribution in [0.1, 0.15) is 43.5 Å². The van der Waals surface area contributed by atoms with E-state index in [0.717, 1.165) is 25.5 Å². The lowest BCUT2D eigenvalue weighted by molar-refractivity contribution is -0.143. The number of nitrogens with zero attached hydrogens (tertiary/aromatic N) is 2. The van der Waals surface area contributed by atoms with Gasteiger partial charge in [-0.25, -0.2) is 14.6 Å². The maximum Gasteiger partial charge on any atom is 0.343 e. The molecule has 0 unspecified atom stereocenters. The molecule has 274 valence electrons. The molecule has 0 radical (unpaired) electrons. The number of hydrogen-bond acceptors (Lipinski definition) is 11. The Morgan fingerprint density at radius 1 is 0.906 bits per heavy atom. The van der Waals surface area contributed by atoms with Gasteiger partial charge in [0.2, 0.25) is 0 Å². The second kappa shape index (κ2) is 16.7. The van der Waals surface area contributed by atoms with Crippen LogP contribution in [0.5, 0.6) is 23.0 Å². The smallest absolute Gasteiger partial charge is 0.343 e. The largest absolute Gasteiger partial charge is 0.493 e. The second-order valence-electron chi connectivity index (χ2n) is 11.8. The van der Waals surface area contributed by atoms with Crippen molar-refractivity contribution in [2.75, 3.05) is 34.0 Å². The highest BCUT2D eigenvalue weighted by Gasteiger charge is 2.34. The fourth-order valence-corrected chi connectivity index (χ4v) is 7.81. The summed E-state index contributed by atoms with van der Waals surface area (Å²) in [7, 11) is 2.85. The summed E-state index contributed by atoms with van der Waals surface area (Å²) in [6.45, 7) is 5.72. The van der Waals surface area contributed by atoms with Crippen molar-refractivity contribution in [1.29, 1.82) is 0 Å². The van der Waals surface area contributed by atoms with Gasteiger partial charge in [0, 0.05) is 0 Å². The summed E-state index contributed by atoms with van der Waals surface area (Å²) in [6, 6.07) is 22.3. The SMILES string of the molecule is CCOC(=O)C1=C(C)N=c2s/c(=C\c3cc(I)c(OCc4ccc5ccccc5c4)c(OC)c3)c(=O)n2[C@H]1c1ccc(OCC(=O)OC)c(OCC)c1. The topological polar surface area (TPSA) is 124 Å². The summed E-state index contributed by atoms with van der Waals surface area (Å²) < 4.78 is 36.4. The summed E-state index contributed by atoms with van der Waals surface area (Å²) >= 11 is 3.42. The quantitative estimate of drug-likeness (QED) is 0.102. The first kappa shape index (κ1) is 37.6. The van der Waals surface area contributed by atoms with Crippen molar-refractivity contribution < 1.29 is 38.0 Å². The zero-order valence-corrected chi connectivity index (χ0v) is 32.7. The van der Waals surface area contributed by atoms with E-state index in [1.54, 1.807) is 45.2 Å². The van der Waals surface area contributed by atoms with Crippen LogP contribution in [0.25, 0.3) is 16.8 Å². The molecule has 13 heteroatoms. The molecule has 0 spiro atoms. The molecule has 0 N–H and O–H groups in total. The molecule has 0 aliphatic carbocycles. The number of allylic oxidation sites excluding steroid dienone is 1. The fourth-order valence-electron chi connectivity index (χ4n) is 5.98. The number of benzene rings is 4. The zero-order chi connectivity index (χ0) is 37.6. The third-order valence-electron chi connectivity index (χ3n) is 8.42. The lowest BCUT2D eigenvalue weighted by Crippen LogP contribution is -2.40. The minimum atomic E-state index is -0.887. The number of carbonyl (C=O) groups excluding carboxylic acids is 2. The number of aromatic nitrogens is 1. The van der Waals surface area contributed by atoms with Gasteiger partial charge in [-0.3, -0.25) is 9.36 Å². The molecule has 11 nitrogen and oxygen atoms in total. The van der Waals surface area contributed by atoms with Crippen LogP contribution in [0.15, 0.2) is 93.9 Å². The van der Waals surface area contributed by atoms with Gasteiger partial charge < -0.3 is 28.4 Å². The maximum atomic E-state index is 14.3. The first-order chi connectivity index (χ1) is 25.6. The number of ether oxygens (including phenoxy) is 6. The number of carbonyl (C=O) groups is 2. The van der Waals surface area contributed by atoms with Gasteiger partial charge in [-0.2, -0.15) is 0 Å². The van der Waals surface area contributed by atoms with Gasteiger partial charge in [-0.1, -0.05) is 53.8 Å². The van der Waals surface area contributed by atoms with Crippen LogP contribution < -0.4 is 33.8 Å². The summed E-state index contributed by atoms with van der Waals surface area (Å²) in [4.78, 5) is 44.6. The van der Waals surface area contributed by atoms with E-state index < -0.39 is 18.0 Å². The van der Waals surface area contributed by atoms with Crippen molar-refractivity contribution in [3.05, 3.63) is 124 Å². The summed E-state index contributed by atoms with van der Waals surface area (Å²) in [5.41, 5.74) is 2.61. The molecule has 0 fully saturated rings. The van der Waals surface area contributed by atoms with Crippen molar-refractivity contribution in [2.45, 2.75) is 33.4 Å². The predicted octanol–water partition coefficient (Wildman–Crippen LogP) is 6.09. The Bertz CT molecular complexity index is 2420. The Labute approximate surface area is 323 Å². The highest BCUT2D eigenvalue weighted by atomic mass is 127. The fraction of sp³-hybridized carbons (Fsp3) is 0.250. The van der Waals surface area contributed by atoms with Gasteiger partial charge in [-0.15, -0.1) is 0 Å². The molecule has 1 atom stereocenters. The summed E-state index contributed by atoms with van der Waals surface area (Å²) in [6.07, 6.45) is 1.78. The van der Waals surface area contributed by atoms with Crippen LogP contribution >= 0.6 is 33.9 Å². The third kappa shape index (κ3) is 8.10. The molecule has 0 amide bonds. The monoisotopic (exact) mass is 848 g/mol. The average Bonchev–Trinajstić information content (AvgIpc) is 3.46. The highest BCUT2D eigenvalue weighted by Crippen LogP contribution is 2.37. The Morgan fingerprint density at radius 2 is 1.70 bits per heavy atom. The molecule has 4 aromatic carbocycles. The Balaban J connectivity index is 1.38. The Hall–Kier alpha value is -5.15. The van der Waals surface area contributed by atoms with E-state index in [1.165, 1.54) is 23.0 Å². The molecular weight excluding hydrogens is 811 g/mol. The van der Waals surface area contributed by atoms with Crippen LogP contribution in [0.3, 0.4) is 0 Å². The van der Waals surface area contributed by atoms with Gasteiger partial charge in [0.05, 0.1) is 52.8 Å². The molecule has 0 bridgehead atoms. The van der Waals surface area contributed by atoms with Gasteiger partial charge in [0.1, 0.15) is 6.61 Å². The van der Waals surface area contributed by atoms with Crippen molar-refractivity contribution >= 4 is 62.7 Å². The third-order valence-corrected chi connectivity index (χ3v) is 10.2. The number of halogens is 1. The van der Waals surface area contributed by atoms with E-state index in [9.17, 15) is 14.4 Å². The Morgan fingerprint density at radius 3 is 2.43 bits per heavy atom. The van der Waals surface area contributed by atoms with Gasteiger partial charge in [0.25, 0.3) is 5.56 Å². The van der Waals surface area contributed by atoms with Crippen molar-refractivity contribution in [2.24, 2.45) is 4.99 Å². The number of esters is 2. The van der Waals surface area contributed by atoms with Crippen molar-refractivity contribution in [3.63, 3.8) is 0 Å². The van der Waals surface area contributed by atoms with Crippen LogP contribution in [-0.2, 0) is 25.7 Å². The molecule has 1 aromatic heterocycles. The van der Waals surface area contributed by atoms with Crippen LogP contribution in [-0.4, -0.2) is 50.5 Å². The van der Waals surface area contributed by atoms with E-state index in [0.29, 0.717) is 56.8 Å². The van der Waals surface area contributed by atoms with Crippen LogP contribution in [0, 0.1) is 3.57 Å². The number of thiazole rings is 1. The summed E-state index contributed by atoms with van der Waals surface area (Å²) in [5.74, 6) is 0.614. The van der Waals surface area contributed by atoms with E-state index in [1.807, 2.05) is 37.3 Å². The zero-order valence-electron chi connectivity index (χ0n) is 29.8. The second-order valence-corrected chi connectivity index (χ2v) is 14.0. The predicted molar refractivity (Wildman–Crippen MR) is 210 cm³/mol. The van der Waals surface area contributed by atoms with Crippen molar-refractivity contribution in [3.8, 4) is 23.0 Å². The molecule has 0 saturated carbocycles. The highest BCUT2D eigenvalue weighted by molar-refractivity contribution is 14.1. The maximum absolute atomic E-state index is 14.3. The van der Waals surface area contributed by atoms with E-state index in [-0.39, 0.29) is 24.3 Å². The molecule has 5 aromatic rings.